The van der Waals surface area contributed by atoms with Gasteiger partial charge in [-0.2, -0.15) is 0 Å². The van der Waals surface area contributed by atoms with Crippen LogP contribution >= 0.6 is 0 Å². The number of carbonyl (C=O) groups excluding carboxylic acids is 2. The van der Waals surface area contributed by atoms with Gasteiger partial charge in [0.1, 0.15) is 6.10 Å². The minimum absolute atomic E-state index is 0.0326. The number of allylic oxidation sites excluding steroid dienone is 15. The molecule has 0 saturated heterocycles. The maximum absolute atomic E-state index is 13.1. The molecule has 0 aliphatic rings. The average molecular weight is 848 g/mol. The van der Waals surface area contributed by atoms with Crippen LogP contribution in [0.15, 0.2) is 97.2 Å². The van der Waals surface area contributed by atoms with E-state index in [1.54, 1.807) is 0 Å². The van der Waals surface area contributed by atoms with Gasteiger partial charge in [0.25, 0.3) is 0 Å². The molecule has 3 unspecified atom stereocenters. The Bertz CT molecular complexity index is 1220. The summed E-state index contributed by atoms with van der Waals surface area (Å²) in [5.74, 6) is -0.640. The molecule has 0 spiro atoms. The lowest BCUT2D eigenvalue weighted by Gasteiger charge is -2.24. The van der Waals surface area contributed by atoms with Crippen LogP contribution in [0.5, 0.6) is 0 Å². The number of hydrogen-bond donors (Lipinski definition) is 3. The van der Waals surface area contributed by atoms with Gasteiger partial charge in [0, 0.05) is 12.8 Å². The Morgan fingerprint density at radius 3 is 1.51 bits per heavy atom. The number of aliphatic hydroxyl groups excluding tert-OH is 2. The van der Waals surface area contributed by atoms with Gasteiger partial charge in [-0.3, -0.25) is 9.59 Å². The third kappa shape index (κ3) is 43.2. The number of rotatable bonds is 43. The molecule has 348 valence electrons. The van der Waals surface area contributed by atoms with Gasteiger partial charge in [-0.25, -0.2) is 0 Å². The highest BCUT2D eigenvalue weighted by Crippen LogP contribution is 2.16. The van der Waals surface area contributed by atoms with E-state index in [9.17, 15) is 19.8 Å². The van der Waals surface area contributed by atoms with E-state index in [4.69, 9.17) is 4.74 Å². The van der Waals surface area contributed by atoms with Crippen molar-refractivity contribution in [3.63, 3.8) is 0 Å². The van der Waals surface area contributed by atoms with Crippen LogP contribution in [-0.4, -0.2) is 46.9 Å². The van der Waals surface area contributed by atoms with Crippen LogP contribution in [0.3, 0.4) is 0 Å². The summed E-state index contributed by atoms with van der Waals surface area (Å²) in [5, 5.41) is 23.7. The number of esters is 1. The topological polar surface area (TPSA) is 95.9 Å². The predicted molar refractivity (Wildman–Crippen MR) is 264 cm³/mol. The van der Waals surface area contributed by atoms with Crippen molar-refractivity contribution in [3.05, 3.63) is 97.2 Å². The van der Waals surface area contributed by atoms with Gasteiger partial charge in [-0.1, -0.05) is 234 Å². The second-order valence-electron chi connectivity index (χ2n) is 16.6. The van der Waals surface area contributed by atoms with Gasteiger partial charge in [-0.05, 0) is 57.8 Å². The Labute approximate surface area is 376 Å². The van der Waals surface area contributed by atoms with Crippen molar-refractivity contribution in [1.29, 1.82) is 0 Å². The molecular formula is C55H93NO5. The average Bonchev–Trinajstić information content (AvgIpc) is 3.25. The molecule has 3 atom stereocenters. The molecule has 0 heterocycles. The van der Waals surface area contributed by atoms with Gasteiger partial charge in [0.15, 0.2) is 0 Å². The first kappa shape index (κ1) is 57.8. The van der Waals surface area contributed by atoms with Crippen LogP contribution < -0.4 is 5.32 Å². The highest BCUT2D eigenvalue weighted by Gasteiger charge is 2.23. The van der Waals surface area contributed by atoms with Crippen molar-refractivity contribution < 1.29 is 24.5 Å². The Hall–Kier alpha value is -3.22. The summed E-state index contributed by atoms with van der Waals surface area (Å²) in [6.07, 6.45) is 63.5. The third-order valence-electron chi connectivity index (χ3n) is 10.8. The van der Waals surface area contributed by atoms with E-state index >= 15 is 0 Å². The van der Waals surface area contributed by atoms with Crippen LogP contribution in [0.25, 0.3) is 0 Å². The number of ether oxygens (including phenoxy) is 1. The fourth-order valence-electron chi connectivity index (χ4n) is 6.99. The zero-order chi connectivity index (χ0) is 44.5. The first-order valence-electron chi connectivity index (χ1n) is 25.0. The molecule has 0 aromatic rings. The summed E-state index contributed by atoms with van der Waals surface area (Å²) in [6, 6.07) is -0.749. The number of amides is 1. The monoisotopic (exact) mass is 848 g/mol. The first-order valence-corrected chi connectivity index (χ1v) is 25.0. The summed E-state index contributed by atoms with van der Waals surface area (Å²) in [5.41, 5.74) is 0. The summed E-state index contributed by atoms with van der Waals surface area (Å²) >= 11 is 0. The summed E-state index contributed by atoms with van der Waals surface area (Å²) in [7, 11) is 0. The van der Waals surface area contributed by atoms with Crippen LogP contribution in [0.2, 0.25) is 0 Å². The standard InChI is InChI=1S/C55H93NO5/c1-4-7-10-13-16-19-22-24-26-27-28-30-33-36-39-42-45-48-55(60)61-51(46-43-40-37-34-31-21-18-15-12-9-6-3)49-54(59)56-52(50-57)53(58)47-44-41-38-35-32-29-25-23-20-17-14-11-8-5-2/h9,12,15-16,18-19,21,24,26,28,30-31,34,37,40,43,51-53,57-58H,4-8,10-11,13-14,17,20,22-23,25,27,29,32-33,35-36,38-39,41-42,44-50H2,1-3H3,(H,56,59)/b12-9+,18-15+,19-16-,26-24-,30-28-,31-21-,37-34-,43-40+. The van der Waals surface area contributed by atoms with E-state index in [1.807, 2.05) is 54.7 Å². The minimum atomic E-state index is -0.826. The SMILES string of the molecule is CC/C=C/C=C/C=C\C=C/C=C/CC(CC(=O)NC(CO)C(O)CCCCCCCCCCCCCCCC)OC(=O)CCCCCC/C=C\C/C=C\C/C=C\CCCCC. The lowest BCUT2D eigenvalue weighted by Crippen LogP contribution is -2.46. The maximum atomic E-state index is 13.1. The fraction of sp³-hybridized carbons (Fsp3) is 0.673. The summed E-state index contributed by atoms with van der Waals surface area (Å²) < 4.78 is 5.82. The summed E-state index contributed by atoms with van der Waals surface area (Å²) in [4.78, 5) is 26.0. The van der Waals surface area contributed by atoms with Crippen LogP contribution in [0, 0.1) is 0 Å². The second-order valence-corrected chi connectivity index (χ2v) is 16.6. The number of carbonyl (C=O) groups is 2. The molecule has 0 aromatic carbocycles. The molecule has 61 heavy (non-hydrogen) atoms. The van der Waals surface area contributed by atoms with Crippen LogP contribution in [0.4, 0.5) is 0 Å². The Morgan fingerprint density at radius 1 is 0.525 bits per heavy atom. The van der Waals surface area contributed by atoms with Crippen molar-refractivity contribution in [2.24, 2.45) is 0 Å². The highest BCUT2D eigenvalue weighted by molar-refractivity contribution is 5.77. The first-order chi connectivity index (χ1) is 30.0. The largest absolute Gasteiger partial charge is 0.461 e. The van der Waals surface area contributed by atoms with Crippen molar-refractivity contribution in [2.45, 2.75) is 232 Å². The molecule has 0 rings (SSSR count). The van der Waals surface area contributed by atoms with E-state index in [0.29, 0.717) is 19.3 Å². The molecule has 1 amide bonds. The molecule has 0 bridgehead atoms. The number of hydrogen-bond acceptors (Lipinski definition) is 5. The molecule has 0 aliphatic carbocycles. The smallest absolute Gasteiger partial charge is 0.306 e. The quantitative estimate of drug-likeness (QED) is 0.0246. The Balaban J connectivity index is 4.70. The zero-order valence-electron chi connectivity index (χ0n) is 39.5. The second kappa shape index (κ2) is 47.8. The van der Waals surface area contributed by atoms with Gasteiger partial charge < -0.3 is 20.3 Å². The molecule has 0 aliphatic heterocycles. The molecule has 3 N–H and O–H groups in total. The van der Waals surface area contributed by atoms with Crippen molar-refractivity contribution in [3.8, 4) is 0 Å². The summed E-state index contributed by atoms with van der Waals surface area (Å²) in [6.45, 7) is 6.25. The van der Waals surface area contributed by atoms with E-state index < -0.39 is 18.2 Å². The van der Waals surface area contributed by atoms with Gasteiger partial charge in [-0.15, -0.1) is 0 Å². The highest BCUT2D eigenvalue weighted by atomic mass is 16.5. The van der Waals surface area contributed by atoms with Crippen LogP contribution in [0.1, 0.15) is 213 Å². The molecule has 6 heteroatoms. The lowest BCUT2D eigenvalue weighted by molar-refractivity contribution is -0.150. The van der Waals surface area contributed by atoms with Gasteiger partial charge in [0.05, 0.1) is 25.2 Å². The predicted octanol–water partition coefficient (Wildman–Crippen LogP) is 14.9. The van der Waals surface area contributed by atoms with Gasteiger partial charge >= 0.3 is 5.97 Å². The Morgan fingerprint density at radius 2 is 0.967 bits per heavy atom. The third-order valence-corrected chi connectivity index (χ3v) is 10.8. The normalized spacial score (nSPS) is 14.1. The molecule has 0 aromatic heterocycles. The number of nitrogens with one attached hydrogen (secondary N) is 1. The zero-order valence-corrected chi connectivity index (χ0v) is 39.5. The van der Waals surface area contributed by atoms with E-state index in [-0.39, 0.29) is 24.9 Å². The van der Waals surface area contributed by atoms with E-state index in [0.717, 1.165) is 70.6 Å². The molecule has 0 radical (unpaired) electrons. The van der Waals surface area contributed by atoms with Crippen molar-refractivity contribution >= 4 is 11.9 Å². The van der Waals surface area contributed by atoms with Crippen molar-refractivity contribution in [2.75, 3.05) is 6.61 Å². The molecular weight excluding hydrogens is 755 g/mol. The number of aliphatic hydroxyl groups is 2. The van der Waals surface area contributed by atoms with Gasteiger partial charge in [0.2, 0.25) is 5.91 Å². The van der Waals surface area contributed by atoms with Crippen molar-refractivity contribution in [1.82, 2.24) is 5.32 Å². The fourth-order valence-corrected chi connectivity index (χ4v) is 6.99. The van der Waals surface area contributed by atoms with E-state index in [1.165, 1.54) is 96.3 Å². The maximum Gasteiger partial charge on any atom is 0.306 e. The molecule has 0 saturated carbocycles. The van der Waals surface area contributed by atoms with E-state index in [2.05, 4.69) is 68.6 Å². The molecule has 0 fully saturated rings. The number of unbranched alkanes of at least 4 members (excludes halogenated alkanes) is 20. The molecule has 6 nitrogen and oxygen atoms in total. The Kier molecular flexibility index (Phi) is 45.3. The lowest BCUT2D eigenvalue weighted by atomic mass is 10.0. The minimum Gasteiger partial charge on any atom is -0.461 e. The van der Waals surface area contributed by atoms with Crippen LogP contribution in [-0.2, 0) is 14.3 Å².